The minimum atomic E-state index is -4.38. The van der Waals surface area contributed by atoms with Gasteiger partial charge < -0.3 is 19.5 Å². The molecule has 2 aromatic rings. The summed E-state index contributed by atoms with van der Waals surface area (Å²) in [5, 5.41) is 11.9. The van der Waals surface area contributed by atoms with Gasteiger partial charge in [-0.15, -0.1) is 34.2 Å². The molecule has 1 N–H and O–H groups in total. The molecule has 0 spiro atoms. The number of hydrogen-bond donors (Lipinski definition) is 1. The molecule has 1 saturated heterocycles. The summed E-state index contributed by atoms with van der Waals surface area (Å²) in [5.74, 6) is 2.56. The van der Waals surface area contributed by atoms with E-state index in [9.17, 15) is 13.2 Å². The minimum absolute atomic E-state index is 0. The maximum Gasteiger partial charge on any atom is 0.416 e. The van der Waals surface area contributed by atoms with Gasteiger partial charge in [0, 0.05) is 26.1 Å². The number of halogens is 4. The zero-order valence-electron chi connectivity index (χ0n) is 17.9. The van der Waals surface area contributed by atoms with Crippen LogP contribution in [0.4, 0.5) is 13.2 Å². The summed E-state index contributed by atoms with van der Waals surface area (Å²) < 4.78 is 47.2. The van der Waals surface area contributed by atoms with Crippen LogP contribution >= 0.6 is 24.0 Å². The van der Waals surface area contributed by atoms with Crippen LogP contribution in [0.25, 0.3) is 0 Å². The Balaban J connectivity index is 0.00000289. The first-order chi connectivity index (χ1) is 15.0. The van der Waals surface area contributed by atoms with Crippen molar-refractivity contribution in [3.05, 3.63) is 47.0 Å². The molecule has 0 amide bonds. The first-order valence-corrected chi connectivity index (χ1v) is 10.7. The van der Waals surface area contributed by atoms with Crippen molar-refractivity contribution >= 4 is 29.9 Å². The Morgan fingerprint density at radius 2 is 2.09 bits per heavy atom. The number of alkyl halides is 3. The molecule has 4 rings (SSSR count). The molecular formula is C21H28F3IN6O. The molecule has 2 aliphatic heterocycles. The number of aromatic nitrogens is 3. The van der Waals surface area contributed by atoms with Gasteiger partial charge in [-0.2, -0.15) is 13.2 Å². The molecule has 176 valence electrons. The number of nitrogens with one attached hydrogen (secondary N) is 1. The second-order valence-electron chi connectivity index (χ2n) is 7.74. The molecule has 0 aliphatic carbocycles. The van der Waals surface area contributed by atoms with E-state index in [0.29, 0.717) is 44.3 Å². The van der Waals surface area contributed by atoms with Crippen LogP contribution in [0, 0.1) is 0 Å². The zero-order valence-corrected chi connectivity index (χ0v) is 20.3. The average molecular weight is 564 g/mol. The average Bonchev–Trinajstić information content (AvgIpc) is 3.19. The number of fused-ring (bicyclic) bond motifs is 1. The van der Waals surface area contributed by atoms with Gasteiger partial charge in [0.05, 0.1) is 18.7 Å². The summed E-state index contributed by atoms with van der Waals surface area (Å²) >= 11 is 0. The summed E-state index contributed by atoms with van der Waals surface area (Å²) in [6.45, 7) is 5.43. The van der Waals surface area contributed by atoms with Gasteiger partial charge in [-0.25, -0.2) is 4.99 Å². The lowest BCUT2D eigenvalue weighted by atomic mass is 10.0. The predicted octanol–water partition coefficient (Wildman–Crippen LogP) is 3.79. The maximum atomic E-state index is 13.1. The molecule has 1 fully saturated rings. The highest BCUT2D eigenvalue weighted by molar-refractivity contribution is 14.0. The topological polar surface area (TPSA) is 67.6 Å². The number of benzene rings is 1. The van der Waals surface area contributed by atoms with Crippen LogP contribution in [0.3, 0.4) is 0 Å². The van der Waals surface area contributed by atoms with Gasteiger partial charge in [0.15, 0.2) is 11.8 Å². The van der Waals surface area contributed by atoms with E-state index in [1.165, 1.54) is 12.1 Å². The fourth-order valence-corrected chi connectivity index (χ4v) is 4.02. The van der Waals surface area contributed by atoms with Crippen molar-refractivity contribution in [1.29, 1.82) is 0 Å². The number of hydrogen-bond acceptors (Lipinski definition) is 4. The van der Waals surface area contributed by atoms with E-state index in [2.05, 4.69) is 20.1 Å². The van der Waals surface area contributed by atoms with E-state index in [4.69, 9.17) is 9.73 Å². The fourth-order valence-electron chi connectivity index (χ4n) is 4.02. The second kappa shape index (κ2) is 10.8. The van der Waals surface area contributed by atoms with Crippen molar-refractivity contribution in [3.63, 3.8) is 0 Å². The Morgan fingerprint density at radius 3 is 2.88 bits per heavy atom. The molecule has 2 aliphatic rings. The molecule has 7 nitrogen and oxygen atoms in total. The van der Waals surface area contributed by atoms with Crippen molar-refractivity contribution in [2.75, 3.05) is 26.2 Å². The van der Waals surface area contributed by atoms with Gasteiger partial charge in [0.1, 0.15) is 18.5 Å². The molecule has 0 saturated carbocycles. The highest BCUT2D eigenvalue weighted by atomic mass is 127. The van der Waals surface area contributed by atoms with Crippen molar-refractivity contribution in [2.45, 2.75) is 51.6 Å². The number of nitrogens with zero attached hydrogens (tertiary/aromatic N) is 5. The van der Waals surface area contributed by atoms with Crippen LogP contribution in [-0.4, -0.2) is 51.9 Å². The summed E-state index contributed by atoms with van der Waals surface area (Å²) in [6, 6.07) is 5.35. The monoisotopic (exact) mass is 564 g/mol. The quantitative estimate of drug-likeness (QED) is 0.348. The summed E-state index contributed by atoms with van der Waals surface area (Å²) in [5.41, 5.74) is -0.148. The number of morpholine rings is 1. The Kier molecular flexibility index (Phi) is 8.37. The Morgan fingerprint density at radius 1 is 1.25 bits per heavy atom. The SMILES string of the molecule is CCNC(=NCc1nnc2n1CCCC2)N1CCOC(c2cccc(C(F)(F)F)c2)C1.I. The standard InChI is InChI=1S/C21H27F3N6O.HI/c1-2-25-20(26-13-19-28-27-18-8-3-4-9-30(18)19)29-10-11-31-17(14-29)15-6-5-7-16(12-15)21(22,23)24;/h5-7,12,17H,2-4,8-11,13-14H2,1H3,(H,25,26);1H. The number of guanidine groups is 1. The lowest BCUT2D eigenvalue weighted by Crippen LogP contribution is -2.48. The summed E-state index contributed by atoms with van der Waals surface area (Å²) in [6.07, 6.45) is -1.64. The third-order valence-electron chi connectivity index (χ3n) is 5.59. The first kappa shape index (κ1) is 24.7. The van der Waals surface area contributed by atoms with Crippen molar-refractivity contribution in [1.82, 2.24) is 25.0 Å². The Bertz CT molecular complexity index is 932. The molecule has 0 radical (unpaired) electrons. The molecule has 11 heteroatoms. The van der Waals surface area contributed by atoms with Crippen LogP contribution in [0.5, 0.6) is 0 Å². The molecule has 3 heterocycles. The van der Waals surface area contributed by atoms with Gasteiger partial charge in [0.25, 0.3) is 0 Å². The first-order valence-electron chi connectivity index (χ1n) is 10.7. The number of rotatable bonds is 4. The number of ether oxygens (including phenoxy) is 1. The minimum Gasteiger partial charge on any atom is -0.370 e. The van der Waals surface area contributed by atoms with E-state index in [1.54, 1.807) is 6.07 Å². The van der Waals surface area contributed by atoms with Gasteiger partial charge in [-0.3, -0.25) is 0 Å². The Hall–Kier alpha value is -1.89. The molecule has 1 aromatic carbocycles. The fraction of sp³-hybridized carbons (Fsp3) is 0.571. The summed E-state index contributed by atoms with van der Waals surface area (Å²) in [7, 11) is 0. The van der Waals surface area contributed by atoms with Crippen molar-refractivity contribution in [3.8, 4) is 0 Å². The maximum absolute atomic E-state index is 13.1. The van der Waals surface area contributed by atoms with Crippen molar-refractivity contribution in [2.24, 2.45) is 4.99 Å². The van der Waals surface area contributed by atoms with Crippen LogP contribution in [0.2, 0.25) is 0 Å². The van der Waals surface area contributed by atoms with Gasteiger partial charge in [0.2, 0.25) is 0 Å². The van der Waals surface area contributed by atoms with E-state index < -0.39 is 17.8 Å². The lowest BCUT2D eigenvalue weighted by molar-refractivity contribution is -0.137. The molecular weight excluding hydrogens is 536 g/mol. The van der Waals surface area contributed by atoms with Crippen LogP contribution in [0.15, 0.2) is 29.3 Å². The van der Waals surface area contributed by atoms with E-state index in [0.717, 1.165) is 43.5 Å². The third-order valence-corrected chi connectivity index (χ3v) is 5.59. The van der Waals surface area contributed by atoms with E-state index >= 15 is 0 Å². The highest BCUT2D eigenvalue weighted by Gasteiger charge is 2.32. The molecule has 0 bridgehead atoms. The highest BCUT2D eigenvalue weighted by Crippen LogP contribution is 2.32. The summed E-state index contributed by atoms with van der Waals surface area (Å²) in [4.78, 5) is 6.78. The third kappa shape index (κ3) is 5.72. The van der Waals surface area contributed by atoms with Gasteiger partial charge in [-0.05, 0) is 37.5 Å². The van der Waals surface area contributed by atoms with Gasteiger partial charge >= 0.3 is 6.18 Å². The molecule has 1 unspecified atom stereocenters. The molecule has 1 atom stereocenters. The van der Waals surface area contributed by atoms with Gasteiger partial charge in [-0.1, -0.05) is 12.1 Å². The number of aryl methyl sites for hydroxylation is 1. The predicted molar refractivity (Wildman–Crippen MR) is 125 cm³/mol. The molecule has 1 aromatic heterocycles. The van der Waals surface area contributed by atoms with Crippen LogP contribution in [-0.2, 0) is 30.4 Å². The zero-order chi connectivity index (χ0) is 21.8. The number of aliphatic imine (C=N–C) groups is 1. The second-order valence-corrected chi connectivity index (χ2v) is 7.74. The van der Waals surface area contributed by atoms with E-state index in [-0.39, 0.29) is 24.0 Å². The lowest BCUT2D eigenvalue weighted by Gasteiger charge is -2.35. The molecule has 32 heavy (non-hydrogen) atoms. The van der Waals surface area contributed by atoms with Crippen LogP contribution in [0.1, 0.15) is 48.6 Å². The normalized spacial score (nSPS) is 19.3. The van der Waals surface area contributed by atoms with E-state index in [1.807, 2.05) is 11.8 Å². The smallest absolute Gasteiger partial charge is 0.370 e. The Labute approximate surface area is 202 Å². The van der Waals surface area contributed by atoms with Crippen LogP contribution < -0.4 is 5.32 Å². The largest absolute Gasteiger partial charge is 0.416 e. The van der Waals surface area contributed by atoms with Crippen molar-refractivity contribution < 1.29 is 17.9 Å².